The van der Waals surface area contributed by atoms with Crippen LogP contribution < -0.4 is 4.90 Å². The number of phenols is 1. The molecule has 0 aliphatic heterocycles. The molecule has 0 aromatic heterocycles. The van der Waals surface area contributed by atoms with Gasteiger partial charge in [-0.2, -0.15) is 0 Å². The molecule has 0 atom stereocenters. The van der Waals surface area contributed by atoms with Gasteiger partial charge in [0.25, 0.3) is 0 Å². The lowest BCUT2D eigenvalue weighted by atomic mass is 10.0. The van der Waals surface area contributed by atoms with Crippen LogP contribution in [-0.4, -0.2) is 24.0 Å². The molecule has 0 aliphatic carbocycles. The minimum atomic E-state index is -0.158. The average Bonchev–Trinajstić information content (AvgIpc) is 2.49. The third-order valence-electron chi connectivity index (χ3n) is 3.39. The highest BCUT2D eigenvalue weighted by molar-refractivity contribution is 6.10. The van der Waals surface area contributed by atoms with Crippen LogP contribution in [0.5, 0.6) is 5.75 Å². The van der Waals surface area contributed by atoms with Crippen molar-refractivity contribution in [1.29, 1.82) is 0 Å². The molecule has 0 spiro atoms. The number of hydrogen-bond donors (Lipinski definition) is 1. The Hall–Kier alpha value is -2.29. The largest absolute Gasteiger partial charge is 0.507 e. The van der Waals surface area contributed by atoms with Gasteiger partial charge in [0.15, 0.2) is 5.78 Å². The molecule has 2 aromatic carbocycles. The van der Waals surface area contributed by atoms with E-state index in [0.717, 1.165) is 18.8 Å². The smallest absolute Gasteiger partial charge is 0.196 e. The van der Waals surface area contributed by atoms with Gasteiger partial charge in [-0.1, -0.05) is 37.8 Å². The Bertz CT molecular complexity index is 589. The van der Waals surface area contributed by atoms with Crippen LogP contribution in [0, 0.1) is 0 Å². The summed E-state index contributed by atoms with van der Waals surface area (Å²) in [6.07, 6.45) is 0. The Morgan fingerprint density at radius 2 is 1.67 bits per heavy atom. The van der Waals surface area contributed by atoms with Crippen molar-refractivity contribution >= 4 is 11.5 Å². The van der Waals surface area contributed by atoms with Crippen molar-refractivity contribution in [2.75, 3.05) is 18.0 Å². The standard InChI is InChI=1S/C17H19NO2.CH4/c1-3-18(4-2)14-10-11-15(16(19)12-14)17(20)13-8-6-5-7-9-13;/h5-12,19H,3-4H2,1-2H3;1H4. The molecular formula is C18H23NO2. The van der Waals surface area contributed by atoms with Gasteiger partial charge < -0.3 is 10.0 Å². The van der Waals surface area contributed by atoms with Crippen LogP contribution in [0.25, 0.3) is 0 Å². The van der Waals surface area contributed by atoms with E-state index in [1.165, 1.54) is 0 Å². The number of anilines is 1. The fraction of sp³-hybridized carbons (Fsp3) is 0.278. The maximum absolute atomic E-state index is 12.3. The zero-order chi connectivity index (χ0) is 14.5. The molecule has 2 rings (SSSR count). The van der Waals surface area contributed by atoms with Gasteiger partial charge >= 0.3 is 0 Å². The lowest BCUT2D eigenvalue weighted by molar-refractivity contribution is 0.103. The molecule has 3 nitrogen and oxygen atoms in total. The highest BCUT2D eigenvalue weighted by Gasteiger charge is 2.14. The lowest BCUT2D eigenvalue weighted by Gasteiger charge is -2.21. The van der Waals surface area contributed by atoms with Crippen LogP contribution in [0.3, 0.4) is 0 Å². The van der Waals surface area contributed by atoms with E-state index in [9.17, 15) is 9.90 Å². The third kappa shape index (κ3) is 3.63. The van der Waals surface area contributed by atoms with E-state index in [2.05, 4.69) is 18.7 Å². The maximum atomic E-state index is 12.3. The van der Waals surface area contributed by atoms with Crippen molar-refractivity contribution in [1.82, 2.24) is 0 Å². The van der Waals surface area contributed by atoms with Gasteiger partial charge in [-0.05, 0) is 26.0 Å². The molecule has 112 valence electrons. The van der Waals surface area contributed by atoms with Crippen LogP contribution in [0.4, 0.5) is 5.69 Å². The van der Waals surface area contributed by atoms with E-state index in [1.807, 2.05) is 24.3 Å². The summed E-state index contributed by atoms with van der Waals surface area (Å²) in [5, 5.41) is 10.1. The van der Waals surface area contributed by atoms with Crippen molar-refractivity contribution in [3.05, 3.63) is 59.7 Å². The number of ketones is 1. The second-order valence-corrected chi connectivity index (χ2v) is 4.57. The topological polar surface area (TPSA) is 40.5 Å². The second kappa shape index (κ2) is 7.48. The van der Waals surface area contributed by atoms with E-state index >= 15 is 0 Å². The van der Waals surface area contributed by atoms with Gasteiger partial charge in [-0.25, -0.2) is 0 Å². The SMILES string of the molecule is C.CCN(CC)c1ccc(C(=O)c2ccccc2)c(O)c1. The number of phenolic OH excluding ortho intramolecular Hbond substituents is 1. The summed E-state index contributed by atoms with van der Waals surface area (Å²) < 4.78 is 0. The van der Waals surface area contributed by atoms with Gasteiger partial charge in [0, 0.05) is 30.4 Å². The molecule has 0 saturated carbocycles. The predicted octanol–water partition coefficient (Wildman–Crippen LogP) is 4.11. The van der Waals surface area contributed by atoms with E-state index in [1.54, 1.807) is 24.3 Å². The summed E-state index contributed by atoms with van der Waals surface area (Å²) in [4.78, 5) is 14.4. The summed E-state index contributed by atoms with van der Waals surface area (Å²) in [7, 11) is 0. The Balaban J connectivity index is 0.00000220. The van der Waals surface area contributed by atoms with Crippen molar-refractivity contribution in [3.63, 3.8) is 0 Å². The molecule has 0 unspecified atom stereocenters. The van der Waals surface area contributed by atoms with Crippen LogP contribution >= 0.6 is 0 Å². The number of rotatable bonds is 5. The summed E-state index contributed by atoms with van der Waals surface area (Å²) in [6.45, 7) is 5.84. The molecule has 21 heavy (non-hydrogen) atoms. The molecule has 0 saturated heterocycles. The number of carbonyl (C=O) groups excluding carboxylic acids is 1. The fourth-order valence-corrected chi connectivity index (χ4v) is 2.24. The van der Waals surface area contributed by atoms with Gasteiger partial charge in [0.1, 0.15) is 5.75 Å². The number of nitrogens with zero attached hydrogens (tertiary/aromatic N) is 1. The first-order valence-electron chi connectivity index (χ1n) is 6.85. The van der Waals surface area contributed by atoms with Crippen LogP contribution in [0.2, 0.25) is 0 Å². The molecule has 0 bridgehead atoms. The molecule has 0 heterocycles. The van der Waals surface area contributed by atoms with Crippen LogP contribution in [0.15, 0.2) is 48.5 Å². The van der Waals surface area contributed by atoms with E-state index in [-0.39, 0.29) is 19.0 Å². The van der Waals surface area contributed by atoms with Gasteiger partial charge in [-0.3, -0.25) is 4.79 Å². The molecule has 0 aliphatic rings. The molecule has 1 N–H and O–H groups in total. The Morgan fingerprint density at radius 1 is 1.05 bits per heavy atom. The quantitative estimate of drug-likeness (QED) is 0.841. The average molecular weight is 285 g/mol. The normalized spacial score (nSPS) is 9.81. The summed E-state index contributed by atoms with van der Waals surface area (Å²) in [5.74, 6) is -0.127. The molecule has 0 amide bonds. The number of aromatic hydroxyl groups is 1. The van der Waals surface area contributed by atoms with Crippen LogP contribution in [0.1, 0.15) is 37.2 Å². The Labute approximate surface area is 126 Å². The van der Waals surface area contributed by atoms with Crippen molar-refractivity contribution in [2.24, 2.45) is 0 Å². The molecule has 2 aromatic rings. The van der Waals surface area contributed by atoms with Crippen molar-refractivity contribution < 1.29 is 9.90 Å². The summed E-state index contributed by atoms with van der Waals surface area (Å²) in [6, 6.07) is 14.2. The van der Waals surface area contributed by atoms with E-state index < -0.39 is 0 Å². The minimum Gasteiger partial charge on any atom is -0.507 e. The number of benzene rings is 2. The highest BCUT2D eigenvalue weighted by atomic mass is 16.3. The number of carbonyl (C=O) groups is 1. The van der Waals surface area contributed by atoms with Crippen LogP contribution in [-0.2, 0) is 0 Å². The third-order valence-corrected chi connectivity index (χ3v) is 3.39. The molecular weight excluding hydrogens is 262 g/mol. The first-order chi connectivity index (χ1) is 9.67. The summed E-state index contributed by atoms with van der Waals surface area (Å²) >= 11 is 0. The molecule has 0 radical (unpaired) electrons. The Kier molecular flexibility index (Phi) is 5.97. The van der Waals surface area contributed by atoms with Gasteiger partial charge in [0.2, 0.25) is 0 Å². The molecule has 3 heteroatoms. The minimum absolute atomic E-state index is 0. The first kappa shape index (κ1) is 16.8. The lowest BCUT2D eigenvalue weighted by Crippen LogP contribution is -2.21. The monoisotopic (exact) mass is 285 g/mol. The fourth-order valence-electron chi connectivity index (χ4n) is 2.24. The predicted molar refractivity (Wildman–Crippen MR) is 88.3 cm³/mol. The second-order valence-electron chi connectivity index (χ2n) is 4.57. The van der Waals surface area contributed by atoms with E-state index in [4.69, 9.17) is 0 Å². The first-order valence-corrected chi connectivity index (χ1v) is 6.85. The number of hydrogen-bond acceptors (Lipinski definition) is 3. The Morgan fingerprint density at radius 3 is 2.19 bits per heavy atom. The van der Waals surface area contributed by atoms with Crippen molar-refractivity contribution in [3.8, 4) is 5.75 Å². The van der Waals surface area contributed by atoms with Crippen molar-refractivity contribution in [2.45, 2.75) is 21.3 Å². The van der Waals surface area contributed by atoms with Gasteiger partial charge in [-0.15, -0.1) is 0 Å². The van der Waals surface area contributed by atoms with E-state index in [0.29, 0.717) is 11.1 Å². The molecule has 0 fully saturated rings. The zero-order valence-corrected chi connectivity index (χ0v) is 11.8. The zero-order valence-electron chi connectivity index (χ0n) is 11.8. The summed E-state index contributed by atoms with van der Waals surface area (Å²) in [5.41, 5.74) is 1.85. The maximum Gasteiger partial charge on any atom is 0.196 e. The van der Waals surface area contributed by atoms with Gasteiger partial charge in [0.05, 0.1) is 5.56 Å². The highest BCUT2D eigenvalue weighted by Crippen LogP contribution is 2.26.